The fraction of sp³-hybridized carbons (Fsp3) is 0.269. The van der Waals surface area contributed by atoms with E-state index in [1.807, 2.05) is 24.3 Å². The molecule has 4 aromatic rings. The number of rotatable bonds is 8. The van der Waals surface area contributed by atoms with E-state index in [1.54, 1.807) is 6.20 Å². The molecular formula is C26H28N4O. The second-order valence-corrected chi connectivity index (χ2v) is 7.90. The van der Waals surface area contributed by atoms with Crippen molar-refractivity contribution in [2.75, 3.05) is 5.32 Å². The van der Waals surface area contributed by atoms with E-state index in [-0.39, 0.29) is 5.91 Å². The Morgan fingerprint density at radius 3 is 2.48 bits per heavy atom. The second-order valence-electron chi connectivity index (χ2n) is 7.90. The van der Waals surface area contributed by atoms with E-state index in [4.69, 9.17) is 4.98 Å². The van der Waals surface area contributed by atoms with Crippen molar-refractivity contribution in [2.45, 2.75) is 46.1 Å². The molecule has 5 heteroatoms. The Morgan fingerprint density at radius 1 is 1.00 bits per heavy atom. The summed E-state index contributed by atoms with van der Waals surface area (Å²) in [6, 6.07) is 20.5. The van der Waals surface area contributed by atoms with Gasteiger partial charge in [0.15, 0.2) is 5.65 Å². The third kappa shape index (κ3) is 5.18. The van der Waals surface area contributed by atoms with Crippen molar-refractivity contribution in [3.05, 3.63) is 89.4 Å². The number of aromatic nitrogens is 3. The van der Waals surface area contributed by atoms with Crippen LogP contribution in [0, 0.1) is 6.92 Å². The molecule has 1 N–H and O–H groups in total. The zero-order valence-corrected chi connectivity index (χ0v) is 18.1. The number of amides is 1. The van der Waals surface area contributed by atoms with Gasteiger partial charge < -0.3 is 9.88 Å². The van der Waals surface area contributed by atoms with E-state index in [0.717, 1.165) is 48.5 Å². The molecule has 0 aliphatic carbocycles. The average molecular weight is 413 g/mol. The Bertz CT molecular complexity index is 1160. The minimum atomic E-state index is 0.0311. The number of pyridine rings is 1. The number of aryl methyl sites for hydroxylation is 3. The minimum absolute atomic E-state index is 0.0311. The zero-order chi connectivity index (χ0) is 21.6. The molecular weight excluding hydrogens is 384 g/mol. The fourth-order valence-electron chi connectivity index (χ4n) is 3.69. The van der Waals surface area contributed by atoms with Crippen LogP contribution in [0.5, 0.6) is 0 Å². The predicted molar refractivity (Wildman–Crippen MR) is 125 cm³/mol. The number of anilines is 1. The van der Waals surface area contributed by atoms with Gasteiger partial charge in [-0.25, -0.2) is 9.97 Å². The van der Waals surface area contributed by atoms with Gasteiger partial charge >= 0.3 is 0 Å². The van der Waals surface area contributed by atoms with Gasteiger partial charge in [-0.05, 0) is 55.2 Å². The summed E-state index contributed by atoms with van der Waals surface area (Å²) < 4.78 is 2.17. The highest BCUT2D eigenvalue weighted by molar-refractivity contribution is 5.90. The third-order valence-corrected chi connectivity index (χ3v) is 5.49. The van der Waals surface area contributed by atoms with Crippen LogP contribution < -0.4 is 5.32 Å². The lowest BCUT2D eigenvalue weighted by molar-refractivity contribution is -0.116. The van der Waals surface area contributed by atoms with Crippen molar-refractivity contribution < 1.29 is 4.79 Å². The summed E-state index contributed by atoms with van der Waals surface area (Å²) in [4.78, 5) is 21.7. The lowest BCUT2D eigenvalue weighted by atomic mass is 10.1. The number of benzene rings is 2. The van der Waals surface area contributed by atoms with Crippen LogP contribution in [0.4, 0.5) is 5.69 Å². The van der Waals surface area contributed by atoms with Gasteiger partial charge in [-0.3, -0.25) is 4.79 Å². The molecule has 0 atom stereocenters. The average Bonchev–Trinajstić information content (AvgIpc) is 3.13. The Kier molecular flexibility index (Phi) is 6.41. The van der Waals surface area contributed by atoms with Gasteiger partial charge in [-0.15, -0.1) is 0 Å². The molecule has 2 heterocycles. The topological polar surface area (TPSA) is 59.8 Å². The van der Waals surface area contributed by atoms with Crippen LogP contribution >= 0.6 is 0 Å². The number of imidazole rings is 1. The summed E-state index contributed by atoms with van der Waals surface area (Å²) in [7, 11) is 0. The van der Waals surface area contributed by atoms with Gasteiger partial charge in [0.05, 0.1) is 6.54 Å². The molecule has 1 amide bonds. The standard InChI is InChI=1S/C26H28N4O/c1-3-20-13-15-22(16-14-20)28-25(31)8-4-7-24-29-23-6-5-17-27-26(23)30(24)18-21-11-9-19(2)10-12-21/h5-6,9-17H,3-4,7-8,18H2,1-2H3,(H,28,31). The quantitative estimate of drug-likeness (QED) is 0.426. The van der Waals surface area contributed by atoms with Crippen LogP contribution in [0.15, 0.2) is 66.9 Å². The number of nitrogens with one attached hydrogen (secondary N) is 1. The predicted octanol–water partition coefficient (Wildman–Crippen LogP) is 5.31. The third-order valence-electron chi connectivity index (χ3n) is 5.49. The van der Waals surface area contributed by atoms with Crippen molar-refractivity contribution in [2.24, 2.45) is 0 Å². The molecule has 4 rings (SSSR count). The molecule has 0 radical (unpaired) electrons. The maximum Gasteiger partial charge on any atom is 0.224 e. The summed E-state index contributed by atoms with van der Waals surface area (Å²) in [5.41, 5.74) is 6.35. The molecule has 2 aromatic carbocycles. The Morgan fingerprint density at radius 2 is 1.74 bits per heavy atom. The molecule has 31 heavy (non-hydrogen) atoms. The molecule has 5 nitrogen and oxygen atoms in total. The Hall–Kier alpha value is -3.47. The fourth-order valence-corrected chi connectivity index (χ4v) is 3.69. The highest BCUT2D eigenvalue weighted by Gasteiger charge is 2.13. The normalized spacial score (nSPS) is 11.0. The van der Waals surface area contributed by atoms with Crippen LogP contribution in [-0.2, 0) is 24.2 Å². The first-order valence-electron chi connectivity index (χ1n) is 10.9. The van der Waals surface area contributed by atoms with E-state index < -0.39 is 0 Å². The first-order chi connectivity index (χ1) is 15.1. The molecule has 2 aromatic heterocycles. The lowest BCUT2D eigenvalue weighted by Gasteiger charge is -2.10. The number of hydrogen-bond acceptors (Lipinski definition) is 3. The van der Waals surface area contributed by atoms with Crippen LogP contribution in [-0.4, -0.2) is 20.4 Å². The summed E-state index contributed by atoms with van der Waals surface area (Å²) >= 11 is 0. The Balaban J connectivity index is 1.42. The molecule has 158 valence electrons. The van der Waals surface area contributed by atoms with Crippen LogP contribution in [0.2, 0.25) is 0 Å². The van der Waals surface area contributed by atoms with Crippen LogP contribution in [0.3, 0.4) is 0 Å². The highest BCUT2D eigenvalue weighted by atomic mass is 16.1. The molecule has 0 fully saturated rings. The summed E-state index contributed by atoms with van der Waals surface area (Å²) in [6.45, 7) is 4.93. The SMILES string of the molecule is CCc1ccc(NC(=O)CCCc2nc3cccnc3n2Cc2ccc(C)cc2)cc1. The zero-order valence-electron chi connectivity index (χ0n) is 18.1. The van der Waals surface area contributed by atoms with Gasteiger partial charge in [0.25, 0.3) is 0 Å². The molecule has 0 bridgehead atoms. The maximum atomic E-state index is 12.4. The van der Waals surface area contributed by atoms with Crippen molar-refractivity contribution in [3.8, 4) is 0 Å². The number of fused-ring (bicyclic) bond motifs is 1. The number of nitrogens with zero attached hydrogens (tertiary/aromatic N) is 3. The number of hydrogen-bond donors (Lipinski definition) is 1. The van der Waals surface area contributed by atoms with Gasteiger partial charge in [0.2, 0.25) is 5.91 Å². The van der Waals surface area contributed by atoms with Crippen molar-refractivity contribution in [3.63, 3.8) is 0 Å². The van der Waals surface area contributed by atoms with E-state index in [0.29, 0.717) is 6.42 Å². The van der Waals surface area contributed by atoms with Crippen molar-refractivity contribution >= 4 is 22.8 Å². The Labute approximate surface area is 183 Å². The van der Waals surface area contributed by atoms with Gasteiger partial charge in [0, 0.05) is 24.7 Å². The largest absolute Gasteiger partial charge is 0.326 e. The van der Waals surface area contributed by atoms with Crippen LogP contribution in [0.1, 0.15) is 42.3 Å². The minimum Gasteiger partial charge on any atom is -0.326 e. The lowest BCUT2D eigenvalue weighted by Crippen LogP contribution is -2.12. The van der Waals surface area contributed by atoms with E-state index in [2.05, 4.69) is 65.1 Å². The summed E-state index contributed by atoms with van der Waals surface area (Å²) in [5, 5.41) is 2.99. The van der Waals surface area contributed by atoms with Crippen molar-refractivity contribution in [1.29, 1.82) is 0 Å². The van der Waals surface area contributed by atoms with Gasteiger partial charge in [-0.1, -0.05) is 48.9 Å². The first kappa shape index (κ1) is 20.8. The maximum absolute atomic E-state index is 12.4. The molecule has 0 saturated carbocycles. The van der Waals surface area contributed by atoms with Gasteiger partial charge in [0.1, 0.15) is 11.3 Å². The van der Waals surface area contributed by atoms with Gasteiger partial charge in [-0.2, -0.15) is 0 Å². The highest BCUT2D eigenvalue weighted by Crippen LogP contribution is 2.18. The van der Waals surface area contributed by atoms with Crippen molar-refractivity contribution in [1.82, 2.24) is 14.5 Å². The summed E-state index contributed by atoms with van der Waals surface area (Å²) in [5.74, 6) is 0.998. The molecule has 0 spiro atoms. The summed E-state index contributed by atoms with van der Waals surface area (Å²) in [6.07, 6.45) is 4.71. The van der Waals surface area contributed by atoms with E-state index in [9.17, 15) is 4.79 Å². The first-order valence-corrected chi connectivity index (χ1v) is 10.9. The molecule has 0 aliphatic heterocycles. The molecule has 0 saturated heterocycles. The molecule has 0 aliphatic rings. The molecule has 0 unspecified atom stereocenters. The van der Waals surface area contributed by atoms with Crippen LogP contribution in [0.25, 0.3) is 11.2 Å². The van der Waals surface area contributed by atoms with E-state index in [1.165, 1.54) is 16.7 Å². The van der Waals surface area contributed by atoms with E-state index >= 15 is 0 Å². The second kappa shape index (κ2) is 9.56. The monoisotopic (exact) mass is 412 g/mol. The number of carbonyl (C=O) groups is 1. The number of carbonyl (C=O) groups excluding carboxylic acids is 1. The smallest absolute Gasteiger partial charge is 0.224 e.